The number of nitrogens with zero attached hydrogens (tertiary/aromatic N) is 1. The summed E-state index contributed by atoms with van der Waals surface area (Å²) in [7, 11) is -3.03. The third-order valence-electron chi connectivity index (χ3n) is 6.07. The van der Waals surface area contributed by atoms with E-state index in [1.54, 1.807) is 3.20 Å². The Morgan fingerprint density at radius 3 is 1.94 bits per heavy atom. The van der Waals surface area contributed by atoms with Crippen LogP contribution in [0.4, 0.5) is 0 Å². The van der Waals surface area contributed by atoms with Gasteiger partial charge in [0, 0.05) is 15.3 Å². The van der Waals surface area contributed by atoms with Crippen LogP contribution in [-0.2, 0) is 0 Å². The Hall–Kier alpha value is 0.0838. The predicted octanol–water partition coefficient (Wildman–Crippen LogP) is 9.79. The third-order valence-corrected chi connectivity index (χ3v) is 20.5. The molecule has 1 nitrogen and oxygen atoms in total. The average molecular weight is 678 g/mol. The normalized spacial score (nSPS) is 14.1. The Labute approximate surface area is 221 Å². The summed E-state index contributed by atoms with van der Waals surface area (Å²) in [6.07, 6.45) is 6.68. The second kappa shape index (κ2) is 12.5. The van der Waals surface area contributed by atoms with E-state index in [4.69, 9.17) is 4.98 Å². The number of hydrogen-bond acceptors (Lipinski definition) is 1. The van der Waals surface area contributed by atoms with E-state index >= 15 is 0 Å². The minimum absolute atomic E-state index is 0.640. The number of pyridine rings is 1. The molecule has 0 fully saturated rings. The van der Waals surface area contributed by atoms with Crippen LogP contribution in [0.5, 0.6) is 0 Å². The summed E-state index contributed by atoms with van der Waals surface area (Å²) in [5.74, 6) is 3.47. The van der Waals surface area contributed by atoms with Crippen LogP contribution in [-0.4, -0.2) is 21.1 Å². The van der Waals surface area contributed by atoms with Crippen LogP contribution >= 0.6 is 45.2 Å². The van der Waals surface area contributed by atoms with Gasteiger partial charge >= 0.3 is 0 Å². The number of rotatable bonds is 8. The van der Waals surface area contributed by atoms with Crippen molar-refractivity contribution in [2.24, 2.45) is 0 Å². The summed E-state index contributed by atoms with van der Waals surface area (Å²) in [5.41, 5.74) is 9.28. The lowest BCUT2D eigenvalue weighted by Crippen LogP contribution is -2.43. The molecule has 1 rings (SSSR count). The van der Waals surface area contributed by atoms with Crippen molar-refractivity contribution in [3.05, 3.63) is 44.4 Å². The molecule has 0 aliphatic carbocycles. The smallest absolute Gasteiger partial charge is 0.146 e. The molecular formula is C26H41I2NSi2. The van der Waals surface area contributed by atoms with Crippen LogP contribution in [0, 0.1) is 11.5 Å². The second-order valence-corrected chi connectivity index (χ2v) is 24.2. The van der Waals surface area contributed by atoms with Crippen molar-refractivity contribution in [3.63, 3.8) is 0 Å². The molecular weight excluding hydrogens is 636 g/mol. The molecule has 0 aromatic carbocycles. The molecule has 5 heteroatoms. The molecule has 1 aromatic heterocycles. The van der Waals surface area contributed by atoms with E-state index in [0.29, 0.717) is 16.6 Å². The van der Waals surface area contributed by atoms with E-state index in [9.17, 15) is 0 Å². The zero-order valence-electron chi connectivity index (χ0n) is 21.2. The highest BCUT2D eigenvalue weighted by Crippen LogP contribution is 2.40. The largest absolute Gasteiger partial charge is 0.247 e. The van der Waals surface area contributed by atoms with Gasteiger partial charge in [0.2, 0.25) is 0 Å². The van der Waals surface area contributed by atoms with Crippen molar-refractivity contribution in [2.75, 3.05) is 0 Å². The minimum atomic E-state index is -1.72. The van der Waals surface area contributed by atoms with E-state index in [-0.39, 0.29) is 0 Å². The zero-order valence-corrected chi connectivity index (χ0v) is 27.5. The maximum Gasteiger partial charge on any atom is 0.146 e. The van der Waals surface area contributed by atoms with E-state index < -0.39 is 16.1 Å². The molecule has 0 atom stereocenters. The number of halogens is 2. The highest BCUT2D eigenvalue weighted by Gasteiger charge is 2.41. The molecule has 0 aliphatic heterocycles. The molecule has 0 unspecified atom stereocenters. The Morgan fingerprint density at radius 2 is 1.55 bits per heavy atom. The first kappa shape index (κ1) is 29.1. The summed E-state index contributed by atoms with van der Waals surface area (Å²) < 4.78 is 2.84. The molecule has 0 amide bonds. The molecule has 172 valence electrons. The second-order valence-electron chi connectivity index (χ2n) is 10.4. The Bertz CT molecular complexity index is 826. The standard InChI is InChI=1S/C26H41I2NSi2/c1-11-12-22(26(28)30(8,9)10)17-25(27)23-13-14-24(29-18-23)15-16-31(19(2)3,20(4)5)21(6)7/h13-14,17-21H,11-12H2,1-10H3. The maximum absolute atomic E-state index is 4.72. The molecule has 0 spiro atoms. The van der Waals surface area contributed by atoms with E-state index in [2.05, 4.69) is 143 Å². The first-order valence-corrected chi connectivity index (χ1v) is 19.4. The molecule has 0 bridgehead atoms. The SMILES string of the molecule is CCCC(C=C(I)c1ccc(C#C[Si](C(C)C)(C(C)C)C(C)C)nc1)=C(I)[Si](C)(C)C. The molecule has 0 saturated carbocycles. The van der Waals surface area contributed by atoms with Crippen LogP contribution in [0.15, 0.2) is 33.2 Å². The lowest BCUT2D eigenvalue weighted by atomic mass is 10.1. The van der Waals surface area contributed by atoms with Gasteiger partial charge in [0.1, 0.15) is 13.8 Å². The van der Waals surface area contributed by atoms with Crippen molar-refractivity contribution in [1.82, 2.24) is 4.98 Å². The summed E-state index contributed by atoms with van der Waals surface area (Å²) in [6.45, 7) is 23.7. The van der Waals surface area contributed by atoms with Gasteiger partial charge in [-0.2, -0.15) is 0 Å². The van der Waals surface area contributed by atoms with Gasteiger partial charge in [-0.3, -0.25) is 0 Å². The summed E-state index contributed by atoms with van der Waals surface area (Å²) >= 11 is 5.05. The highest BCUT2D eigenvalue weighted by molar-refractivity contribution is 14.1. The van der Waals surface area contributed by atoms with Crippen LogP contribution < -0.4 is 0 Å². The van der Waals surface area contributed by atoms with E-state index in [1.807, 2.05) is 6.20 Å². The van der Waals surface area contributed by atoms with Gasteiger partial charge in [0.25, 0.3) is 0 Å². The van der Waals surface area contributed by atoms with Crippen molar-refractivity contribution < 1.29 is 0 Å². The van der Waals surface area contributed by atoms with Gasteiger partial charge in [-0.15, -0.1) is 5.54 Å². The fourth-order valence-electron chi connectivity index (χ4n) is 4.45. The Balaban J connectivity index is 3.28. The van der Waals surface area contributed by atoms with Crippen LogP contribution in [0.1, 0.15) is 72.6 Å². The number of aromatic nitrogens is 1. The van der Waals surface area contributed by atoms with Crippen molar-refractivity contribution in [3.8, 4) is 11.5 Å². The number of allylic oxidation sites excluding steroid dienone is 2. The van der Waals surface area contributed by atoms with Crippen LogP contribution in [0.2, 0.25) is 36.3 Å². The number of hydrogen-bond donors (Lipinski definition) is 0. The van der Waals surface area contributed by atoms with E-state index in [0.717, 1.165) is 12.1 Å². The summed E-state index contributed by atoms with van der Waals surface area (Å²) in [4.78, 5) is 4.72. The van der Waals surface area contributed by atoms with Gasteiger partial charge < -0.3 is 0 Å². The third kappa shape index (κ3) is 7.82. The lowest BCUT2D eigenvalue weighted by molar-refractivity contribution is 0.838. The first-order valence-electron chi connectivity index (χ1n) is 11.5. The summed E-state index contributed by atoms with van der Waals surface area (Å²) in [5, 5.41) is 0. The van der Waals surface area contributed by atoms with E-state index in [1.165, 1.54) is 21.1 Å². The maximum atomic E-state index is 4.72. The topological polar surface area (TPSA) is 12.9 Å². The summed E-state index contributed by atoms with van der Waals surface area (Å²) in [6, 6.07) is 4.28. The first-order chi connectivity index (χ1) is 14.3. The molecule has 31 heavy (non-hydrogen) atoms. The van der Waals surface area contributed by atoms with Gasteiger partial charge in [0.15, 0.2) is 0 Å². The average Bonchev–Trinajstić information content (AvgIpc) is 2.66. The highest BCUT2D eigenvalue weighted by atomic mass is 127. The molecule has 1 heterocycles. The molecule has 0 aliphatic rings. The molecule has 1 aromatic rings. The Morgan fingerprint density at radius 1 is 1.00 bits per heavy atom. The van der Waals surface area contributed by atoms with Gasteiger partial charge in [-0.25, -0.2) is 4.98 Å². The van der Waals surface area contributed by atoms with Gasteiger partial charge in [0.05, 0.1) is 8.07 Å². The fourth-order valence-corrected chi connectivity index (χ4v) is 11.9. The Kier molecular flexibility index (Phi) is 11.8. The quantitative estimate of drug-likeness (QED) is 0.116. The lowest BCUT2D eigenvalue weighted by Gasteiger charge is -2.38. The minimum Gasteiger partial charge on any atom is -0.247 e. The van der Waals surface area contributed by atoms with Crippen LogP contribution in [0.25, 0.3) is 3.58 Å². The van der Waals surface area contributed by atoms with Gasteiger partial charge in [-0.05, 0) is 72.6 Å². The zero-order chi connectivity index (χ0) is 24.0. The molecule has 0 radical (unpaired) electrons. The molecule has 0 saturated heterocycles. The molecule has 0 N–H and O–H groups in total. The van der Waals surface area contributed by atoms with Crippen LogP contribution in [0.3, 0.4) is 0 Å². The fraction of sp³-hybridized carbons (Fsp3) is 0.577. The van der Waals surface area contributed by atoms with Crippen molar-refractivity contribution in [1.29, 1.82) is 0 Å². The predicted molar refractivity (Wildman–Crippen MR) is 163 cm³/mol. The monoisotopic (exact) mass is 677 g/mol. The van der Waals surface area contributed by atoms with Crippen molar-refractivity contribution in [2.45, 2.75) is 97.6 Å². The van der Waals surface area contributed by atoms with Crippen molar-refractivity contribution >= 4 is 64.9 Å². The van der Waals surface area contributed by atoms with Gasteiger partial charge in [-0.1, -0.05) is 103 Å².